The number of carbonyl (C=O) groups is 1. The second-order valence-electron chi connectivity index (χ2n) is 7.07. The number of halogens is 2. The summed E-state index contributed by atoms with van der Waals surface area (Å²) >= 11 is 5.91. The van der Waals surface area contributed by atoms with E-state index >= 15 is 0 Å². The fraction of sp³-hybridized carbons (Fsp3) is 0.160. The van der Waals surface area contributed by atoms with Gasteiger partial charge < -0.3 is 9.47 Å². The highest BCUT2D eigenvalue weighted by atomic mass is 35.5. The molecule has 0 aliphatic carbocycles. The molecular weight excluding hydrogens is 467 g/mol. The van der Waals surface area contributed by atoms with E-state index in [1.54, 1.807) is 18.2 Å². The van der Waals surface area contributed by atoms with Gasteiger partial charge in [0, 0.05) is 10.6 Å². The van der Waals surface area contributed by atoms with Gasteiger partial charge in [-0.2, -0.15) is 0 Å². The highest BCUT2D eigenvalue weighted by molar-refractivity contribution is 7.95. The van der Waals surface area contributed by atoms with Crippen LogP contribution in [0.1, 0.15) is 28.4 Å². The summed E-state index contributed by atoms with van der Waals surface area (Å²) in [6.45, 7) is 2.26. The van der Waals surface area contributed by atoms with E-state index in [0.29, 0.717) is 34.3 Å². The number of ketones is 1. The van der Waals surface area contributed by atoms with E-state index in [0.717, 1.165) is 0 Å². The van der Waals surface area contributed by atoms with Gasteiger partial charge in [-0.05, 0) is 72.7 Å². The Morgan fingerprint density at radius 1 is 1.00 bits per heavy atom. The van der Waals surface area contributed by atoms with E-state index in [1.165, 1.54) is 61.7 Å². The molecule has 8 heteroatoms. The topological polar surface area (TPSA) is 69.7 Å². The van der Waals surface area contributed by atoms with Crippen LogP contribution in [0.2, 0.25) is 5.02 Å². The lowest BCUT2D eigenvalue weighted by molar-refractivity contribution is 0.104. The number of methoxy groups -OCH3 is 1. The van der Waals surface area contributed by atoms with E-state index in [9.17, 15) is 17.6 Å². The van der Waals surface area contributed by atoms with Crippen LogP contribution in [0, 0.1) is 5.82 Å². The molecule has 33 heavy (non-hydrogen) atoms. The van der Waals surface area contributed by atoms with Crippen LogP contribution in [0.3, 0.4) is 0 Å². The SMILES string of the molecule is CCOc1ccc(/C=C(\C(=O)c2ccc(Cl)cc2)S(=O)(=O)Cc2ccc(F)cc2)cc1OC. The molecule has 0 bridgehead atoms. The lowest BCUT2D eigenvalue weighted by Crippen LogP contribution is -2.16. The Hall–Kier alpha value is -3.16. The zero-order chi connectivity index (χ0) is 24.0. The van der Waals surface area contributed by atoms with Gasteiger partial charge in [0.15, 0.2) is 21.3 Å². The summed E-state index contributed by atoms with van der Waals surface area (Å²) in [6.07, 6.45) is 1.30. The van der Waals surface area contributed by atoms with Gasteiger partial charge in [-0.3, -0.25) is 4.79 Å². The molecule has 0 N–H and O–H groups in total. The second kappa shape index (κ2) is 10.6. The number of carbonyl (C=O) groups excluding carboxylic acids is 1. The molecule has 0 saturated heterocycles. The molecule has 3 rings (SSSR count). The van der Waals surface area contributed by atoms with Crippen LogP contribution in [0.25, 0.3) is 6.08 Å². The Balaban J connectivity index is 2.09. The lowest BCUT2D eigenvalue weighted by Gasteiger charge is -2.12. The smallest absolute Gasteiger partial charge is 0.204 e. The van der Waals surface area contributed by atoms with Gasteiger partial charge in [0.05, 0.1) is 19.5 Å². The molecule has 0 fully saturated rings. The number of Topliss-reactive ketones (excluding diaryl/α,β-unsaturated/α-hetero) is 1. The Morgan fingerprint density at radius 3 is 2.27 bits per heavy atom. The first-order valence-corrected chi connectivity index (χ1v) is 12.1. The van der Waals surface area contributed by atoms with E-state index in [-0.39, 0.29) is 5.56 Å². The van der Waals surface area contributed by atoms with Gasteiger partial charge in [-0.25, -0.2) is 12.8 Å². The minimum absolute atomic E-state index is 0.172. The summed E-state index contributed by atoms with van der Waals surface area (Å²) in [4.78, 5) is 12.9. The molecule has 0 aliphatic heterocycles. The summed E-state index contributed by atoms with van der Waals surface area (Å²) < 4.78 is 50.7. The molecule has 172 valence electrons. The number of allylic oxidation sites excluding steroid dienone is 1. The van der Waals surface area contributed by atoms with E-state index in [4.69, 9.17) is 21.1 Å². The van der Waals surface area contributed by atoms with Crippen LogP contribution in [-0.4, -0.2) is 27.9 Å². The largest absolute Gasteiger partial charge is 0.493 e. The summed E-state index contributed by atoms with van der Waals surface area (Å²) in [7, 11) is -2.63. The number of rotatable bonds is 9. The highest BCUT2D eigenvalue weighted by Crippen LogP contribution is 2.30. The minimum atomic E-state index is -4.10. The maximum Gasteiger partial charge on any atom is 0.204 e. The standard InChI is InChI=1S/C25H22ClFO5S/c1-3-32-22-13-6-18(14-23(22)31-2)15-24(25(28)19-7-9-20(26)10-8-19)33(29,30)16-17-4-11-21(27)12-5-17/h4-15H,3,16H2,1-2H3/b24-15+. The predicted octanol–water partition coefficient (Wildman–Crippen LogP) is 5.73. The van der Waals surface area contributed by atoms with Gasteiger partial charge in [0.25, 0.3) is 0 Å². The van der Waals surface area contributed by atoms with Crippen molar-refractivity contribution in [3.8, 4) is 11.5 Å². The molecule has 3 aromatic carbocycles. The van der Waals surface area contributed by atoms with Crippen molar-refractivity contribution in [3.63, 3.8) is 0 Å². The van der Waals surface area contributed by atoms with Crippen molar-refractivity contribution >= 4 is 33.3 Å². The number of benzene rings is 3. The zero-order valence-corrected chi connectivity index (χ0v) is 19.6. The Bertz CT molecular complexity index is 1270. The molecule has 0 aromatic heterocycles. The average Bonchev–Trinajstić information content (AvgIpc) is 2.79. The van der Waals surface area contributed by atoms with Crippen LogP contribution >= 0.6 is 11.6 Å². The molecular formula is C25H22ClFO5S. The summed E-state index contributed by atoms with van der Waals surface area (Å²) in [5.74, 6) is -0.726. The average molecular weight is 489 g/mol. The Morgan fingerprint density at radius 2 is 1.67 bits per heavy atom. The fourth-order valence-corrected chi connectivity index (χ4v) is 4.75. The van der Waals surface area contributed by atoms with Gasteiger partial charge in [0.1, 0.15) is 10.7 Å². The normalized spacial score (nSPS) is 11.8. The summed E-state index contributed by atoms with van der Waals surface area (Å²) in [5, 5.41) is 0.419. The lowest BCUT2D eigenvalue weighted by atomic mass is 10.1. The van der Waals surface area contributed by atoms with Crippen LogP contribution in [0.4, 0.5) is 4.39 Å². The second-order valence-corrected chi connectivity index (χ2v) is 9.47. The molecule has 0 radical (unpaired) electrons. The third-order valence-electron chi connectivity index (χ3n) is 4.72. The Kier molecular flexibility index (Phi) is 7.89. The van der Waals surface area contributed by atoms with Crippen molar-refractivity contribution in [2.75, 3.05) is 13.7 Å². The van der Waals surface area contributed by atoms with E-state index in [1.807, 2.05) is 6.92 Å². The first-order chi connectivity index (χ1) is 15.7. The van der Waals surface area contributed by atoms with Crippen LogP contribution in [-0.2, 0) is 15.6 Å². The van der Waals surface area contributed by atoms with Crippen molar-refractivity contribution in [2.45, 2.75) is 12.7 Å². The van der Waals surface area contributed by atoms with E-state index < -0.39 is 32.1 Å². The minimum Gasteiger partial charge on any atom is -0.493 e. The van der Waals surface area contributed by atoms with Crippen molar-refractivity contribution in [1.82, 2.24) is 0 Å². The maximum atomic E-state index is 13.3. The summed E-state index contributed by atoms with van der Waals surface area (Å²) in [5.41, 5.74) is 0.969. The first-order valence-electron chi connectivity index (χ1n) is 10.0. The molecule has 0 atom stereocenters. The van der Waals surface area contributed by atoms with Crippen molar-refractivity contribution in [1.29, 1.82) is 0 Å². The third kappa shape index (κ3) is 6.21. The predicted molar refractivity (Wildman–Crippen MR) is 127 cm³/mol. The quantitative estimate of drug-likeness (QED) is 0.284. The molecule has 0 spiro atoms. The van der Waals surface area contributed by atoms with Crippen molar-refractivity contribution < 1.29 is 27.1 Å². The fourth-order valence-electron chi connectivity index (χ4n) is 3.12. The van der Waals surface area contributed by atoms with Crippen LogP contribution in [0.5, 0.6) is 11.5 Å². The van der Waals surface area contributed by atoms with Crippen LogP contribution < -0.4 is 9.47 Å². The summed E-state index contributed by atoms with van der Waals surface area (Å²) in [6, 6.07) is 15.9. The molecule has 3 aromatic rings. The van der Waals surface area contributed by atoms with Crippen molar-refractivity contribution in [3.05, 3.63) is 99.2 Å². The third-order valence-corrected chi connectivity index (χ3v) is 6.66. The Labute approximate surface area is 197 Å². The van der Waals surface area contributed by atoms with Crippen LogP contribution in [0.15, 0.2) is 71.6 Å². The van der Waals surface area contributed by atoms with Gasteiger partial charge in [-0.15, -0.1) is 0 Å². The van der Waals surface area contributed by atoms with Gasteiger partial charge >= 0.3 is 0 Å². The molecule has 0 saturated carbocycles. The maximum absolute atomic E-state index is 13.3. The molecule has 5 nitrogen and oxygen atoms in total. The monoisotopic (exact) mass is 488 g/mol. The number of hydrogen-bond donors (Lipinski definition) is 0. The molecule has 0 unspecified atom stereocenters. The highest BCUT2D eigenvalue weighted by Gasteiger charge is 2.27. The van der Waals surface area contributed by atoms with Gasteiger partial charge in [0.2, 0.25) is 5.78 Å². The zero-order valence-electron chi connectivity index (χ0n) is 18.0. The number of hydrogen-bond acceptors (Lipinski definition) is 5. The number of ether oxygens (including phenoxy) is 2. The number of sulfone groups is 1. The van der Waals surface area contributed by atoms with E-state index in [2.05, 4.69) is 0 Å². The first kappa shape index (κ1) is 24.5. The van der Waals surface area contributed by atoms with Gasteiger partial charge in [-0.1, -0.05) is 29.8 Å². The molecule has 0 heterocycles. The van der Waals surface area contributed by atoms with Crippen molar-refractivity contribution in [2.24, 2.45) is 0 Å². The molecule has 0 amide bonds. The molecule has 0 aliphatic rings.